The highest BCUT2D eigenvalue weighted by Crippen LogP contribution is 2.27. The van der Waals surface area contributed by atoms with Gasteiger partial charge in [0.2, 0.25) is 0 Å². The fourth-order valence-corrected chi connectivity index (χ4v) is 3.04. The van der Waals surface area contributed by atoms with Crippen molar-refractivity contribution in [2.24, 2.45) is 0 Å². The molecule has 0 amide bonds. The number of hydrazine groups is 1. The summed E-state index contributed by atoms with van der Waals surface area (Å²) in [5.41, 5.74) is 4.05. The fourth-order valence-electron chi connectivity index (χ4n) is 1.90. The molecule has 0 saturated carbocycles. The van der Waals surface area contributed by atoms with Gasteiger partial charge in [-0.3, -0.25) is 0 Å². The number of benzene rings is 2. The van der Waals surface area contributed by atoms with E-state index in [9.17, 15) is 12.8 Å². The third kappa shape index (κ3) is 3.90. The first-order valence-corrected chi connectivity index (χ1v) is 8.57. The molecule has 0 bridgehead atoms. The average molecular weight is 355 g/mol. The van der Waals surface area contributed by atoms with Crippen molar-refractivity contribution >= 4 is 27.3 Å². The van der Waals surface area contributed by atoms with E-state index in [4.69, 9.17) is 11.6 Å². The van der Waals surface area contributed by atoms with Crippen LogP contribution in [0.4, 0.5) is 4.39 Å². The zero-order chi connectivity index (χ0) is 17.2. The van der Waals surface area contributed by atoms with Crippen LogP contribution in [0.3, 0.4) is 0 Å². The second kappa shape index (κ2) is 6.70. The Morgan fingerprint density at radius 3 is 2.35 bits per heavy atom. The van der Waals surface area contributed by atoms with Crippen LogP contribution >= 0.6 is 11.6 Å². The molecule has 0 aromatic heterocycles. The van der Waals surface area contributed by atoms with Crippen LogP contribution in [-0.2, 0) is 10.0 Å². The first-order valence-electron chi connectivity index (χ1n) is 6.71. The van der Waals surface area contributed by atoms with Crippen LogP contribution in [0.5, 0.6) is 0 Å². The summed E-state index contributed by atoms with van der Waals surface area (Å²) in [6.07, 6.45) is 0. The highest BCUT2D eigenvalue weighted by molar-refractivity contribution is 7.89. The highest BCUT2D eigenvalue weighted by Gasteiger charge is 2.17. The molecule has 4 nitrogen and oxygen atoms in total. The van der Waals surface area contributed by atoms with Crippen LogP contribution in [-0.4, -0.2) is 8.42 Å². The van der Waals surface area contributed by atoms with Gasteiger partial charge in [-0.05, 0) is 37.6 Å². The fraction of sp³-hybridized carbons (Fsp3) is 0.125. The van der Waals surface area contributed by atoms with E-state index in [0.717, 1.165) is 5.56 Å². The van der Waals surface area contributed by atoms with Crippen molar-refractivity contribution in [3.8, 4) is 0 Å². The van der Waals surface area contributed by atoms with Gasteiger partial charge in [-0.15, -0.1) is 4.83 Å². The summed E-state index contributed by atoms with van der Waals surface area (Å²) in [5, 5.41) is 0.178. The molecule has 0 radical (unpaired) electrons. The lowest BCUT2D eigenvalue weighted by atomic mass is 10.1. The minimum atomic E-state index is -3.80. The van der Waals surface area contributed by atoms with Crippen molar-refractivity contribution in [1.29, 1.82) is 0 Å². The molecule has 2 aromatic rings. The van der Waals surface area contributed by atoms with Crippen molar-refractivity contribution < 1.29 is 12.8 Å². The Morgan fingerprint density at radius 2 is 1.74 bits per heavy atom. The zero-order valence-electron chi connectivity index (χ0n) is 12.7. The quantitative estimate of drug-likeness (QED) is 0.807. The van der Waals surface area contributed by atoms with Gasteiger partial charge in [0.05, 0.1) is 21.2 Å². The number of halogens is 2. The molecular formula is C16H16ClFN2O2S. The molecular weight excluding hydrogens is 339 g/mol. The van der Waals surface area contributed by atoms with Gasteiger partial charge < -0.3 is 5.43 Å². The summed E-state index contributed by atoms with van der Waals surface area (Å²) >= 11 is 6.06. The normalized spacial score (nSPS) is 11.3. The summed E-state index contributed by atoms with van der Waals surface area (Å²) in [6.45, 7) is 7.21. The summed E-state index contributed by atoms with van der Waals surface area (Å²) in [4.78, 5) is 2.25. The first-order chi connectivity index (χ1) is 10.7. The van der Waals surface area contributed by atoms with Crippen molar-refractivity contribution in [3.63, 3.8) is 0 Å². The number of hydrogen-bond acceptors (Lipinski definition) is 3. The highest BCUT2D eigenvalue weighted by atomic mass is 35.5. The van der Waals surface area contributed by atoms with Crippen molar-refractivity contribution in [2.45, 2.75) is 18.7 Å². The lowest BCUT2D eigenvalue weighted by Crippen LogP contribution is -2.36. The van der Waals surface area contributed by atoms with Gasteiger partial charge in [0.15, 0.2) is 0 Å². The maximum absolute atomic E-state index is 13.9. The maximum Gasteiger partial charge on any atom is 0.257 e. The molecule has 2 rings (SSSR count). The number of rotatable bonds is 5. The second-order valence-corrected chi connectivity index (χ2v) is 7.14. The van der Waals surface area contributed by atoms with Crippen LogP contribution in [0.1, 0.15) is 16.7 Å². The monoisotopic (exact) mass is 354 g/mol. The smallest absolute Gasteiger partial charge is 0.257 e. The van der Waals surface area contributed by atoms with Crippen molar-refractivity contribution in [3.05, 3.63) is 70.5 Å². The molecule has 0 atom stereocenters. The van der Waals surface area contributed by atoms with E-state index >= 15 is 0 Å². The lowest BCUT2D eigenvalue weighted by Gasteiger charge is -2.14. The third-order valence-electron chi connectivity index (χ3n) is 3.25. The minimum absolute atomic E-state index is 0.0203. The summed E-state index contributed by atoms with van der Waals surface area (Å²) in [7, 11) is -3.80. The standard InChI is InChI=1S/C16H16ClFN2O2S/c1-10-4-7-13(8-5-10)23(21,22)20-19-12(3)15-14(18)9-6-11(2)16(15)17/h4-9,19-20H,3H2,1-2H3. The molecule has 0 aliphatic carbocycles. The Hall–Kier alpha value is -1.89. The number of aryl methyl sites for hydroxylation is 2. The molecule has 0 aliphatic rings. The molecule has 0 heterocycles. The lowest BCUT2D eigenvalue weighted by molar-refractivity contribution is 0.574. The van der Waals surface area contributed by atoms with E-state index in [1.54, 1.807) is 19.1 Å². The molecule has 0 aliphatic heterocycles. The predicted molar refractivity (Wildman–Crippen MR) is 89.8 cm³/mol. The van der Waals surface area contributed by atoms with Crippen LogP contribution < -0.4 is 10.3 Å². The Balaban J connectivity index is 2.19. The van der Waals surface area contributed by atoms with Crippen LogP contribution in [0, 0.1) is 19.7 Å². The van der Waals surface area contributed by atoms with E-state index in [2.05, 4.69) is 16.8 Å². The Bertz CT molecular complexity index is 849. The third-order valence-corrected chi connectivity index (χ3v) is 5.00. The molecule has 0 spiro atoms. The van der Waals surface area contributed by atoms with Gasteiger partial charge in [0.1, 0.15) is 5.82 Å². The van der Waals surface area contributed by atoms with E-state index in [1.165, 1.54) is 24.3 Å². The topological polar surface area (TPSA) is 58.2 Å². The van der Waals surface area contributed by atoms with Gasteiger partial charge in [-0.1, -0.05) is 41.9 Å². The number of hydrogen-bond donors (Lipinski definition) is 2. The molecule has 0 saturated heterocycles. The summed E-state index contributed by atoms with van der Waals surface area (Å²) in [5.74, 6) is -0.590. The zero-order valence-corrected chi connectivity index (χ0v) is 14.2. The Labute approximate surface area is 140 Å². The van der Waals surface area contributed by atoms with Gasteiger partial charge in [-0.2, -0.15) is 0 Å². The molecule has 0 fully saturated rings. The Kier molecular flexibility index (Phi) is 5.09. The van der Waals surface area contributed by atoms with E-state index in [-0.39, 0.29) is 21.2 Å². The van der Waals surface area contributed by atoms with Crippen LogP contribution in [0.15, 0.2) is 47.9 Å². The molecule has 2 N–H and O–H groups in total. The SMILES string of the molecule is C=C(NNS(=O)(=O)c1ccc(C)cc1)c1c(F)ccc(C)c1Cl. The molecule has 23 heavy (non-hydrogen) atoms. The van der Waals surface area contributed by atoms with Gasteiger partial charge in [0.25, 0.3) is 10.0 Å². The molecule has 2 aromatic carbocycles. The molecule has 122 valence electrons. The van der Waals surface area contributed by atoms with E-state index in [1.807, 2.05) is 6.92 Å². The molecule has 0 unspecified atom stereocenters. The Morgan fingerprint density at radius 1 is 1.13 bits per heavy atom. The second-order valence-electron chi connectivity index (χ2n) is 5.08. The van der Waals surface area contributed by atoms with Crippen LogP contribution in [0.25, 0.3) is 5.70 Å². The largest absolute Gasteiger partial charge is 0.308 e. The maximum atomic E-state index is 13.9. The van der Waals surface area contributed by atoms with Gasteiger partial charge in [-0.25, -0.2) is 12.8 Å². The first kappa shape index (κ1) is 17.5. The predicted octanol–water partition coefficient (Wildman–Crippen LogP) is 3.55. The van der Waals surface area contributed by atoms with Crippen LogP contribution in [0.2, 0.25) is 5.02 Å². The van der Waals surface area contributed by atoms with Gasteiger partial charge >= 0.3 is 0 Å². The van der Waals surface area contributed by atoms with E-state index < -0.39 is 15.8 Å². The summed E-state index contributed by atoms with van der Waals surface area (Å²) < 4.78 is 38.3. The summed E-state index contributed by atoms with van der Waals surface area (Å²) in [6, 6.07) is 9.09. The number of sulfonamides is 1. The minimum Gasteiger partial charge on any atom is -0.308 e. The average Bonchev–Trinajstić information content (AvgIpc) is 2.50. The molecule has 7 heteroatoms. The van der Waals surface area contributed by atoms with E-state index in [0.29, 0.717) is 5.56 Å². The van der Waals surface area contributed by atoms with Gasteiger partial charge in [0, 0.05) is 0 Å². The number of nitrogens with one attached hydrogen (secondary N) is 2. The van der Waals surface area contributed by atoms with Crippen molar-refractivity contribution in [2.75, 3.05) is 0 Å². The van der Waals surface area contributed by atoms with Crippen molar-refractivity contribution in [1.82, 2.24) is 10.3 Å².